The van der Waals surface area contributed by atoms with Gasteiger partial charge in [0.15, 0.2) is 16.6 Å². The number of nitrogens with two attached hydrogens (primary N) is 1. The number of fused-ring (bicyclic) bond motifs is 1. The first-order chi connectivity index (χ1) is 21.7. The fourth-order valence-corrected chi connectivity index (χ4v) is 5.84. The highest BCUT2D eigenvalue weighted by Gasteiger charge is 2.57. The summed E-state index contributed by atoms with van der Waals surface area (Å²) in [7, 11) is -4.99. The van der Waals surface area contributed by atoms with E-state index in [9.17, 15) is 27.9 Å². The number of ether oxygens (including phenoxy) is 1. The summed E-state index contributed by atoms with van der Waals surface area (Å²) in [5, 5.41) is 23.8. The predicted octanol–water partition coefficient (Wildman–Crippen LogP) is 1.09. The number of rotatable bonds is 15. The van der Waals surface area contributed by atoms with Gasteiger partial charge in [-0.15, -0.1) is 15.6 Å². The third-order valence-electron chi connectivity index (χ3n) is 7.57. The number of nitrogens with zero attached hydrogens (tertiary/aromatic N) is 4. The largest absolute Gasteiger partial charge is 0.489 e. The number of hydrogen-bond donors (Lipinski definition) is 5. The maximum absolute atomic E-state index is 13.3. The van der Waals surface area contributed by atoms with E-state index in [4.69, 9.17) is 19.9 Å². The molecule has 6 N–H and O–H groups in total. The fourth-order valence-electron chi connectivity index (χ4n) is 4.84. The zero-order valence-corrected chi connectivity index (χ0v) is 26.2. The summed E-state index contributed by atoms with van der Waals surface area (Å²) in [6, 6.07) is 7.01. The first-order valence-electron chi connectivity index (χ1n) is 13.9. The molecule has 5 rings (SSSR count). The molecule has 0 bridgehead atoms. The predicted molar refractivity (Wildman–Crippen MR) is 164 cm³/mol. The summed E-state index contributed by atoms with van der Waals surface area (Å²) in [5.74, 6) is -2.53. The Morgan fingerprint density at radius 2 is 2.07 bits per heavy atom. The van der Waals surface area contributed by atoms with Crippen molar-refractivity contribution in [2.24, 2.45) is 17.0 Å². The molecule has 0 saturated carbocycles. The van der Waals surface area contributed by atoms with Crippen LogP contribution < -0.4 is 21.1 Å². The molecular weight excluding hydrogens is 646 g/mol. The summed E-state index contributed by atoms with van der Waals surface area (Å²) in [6.07, 6.45) is -0.488. The van der Waals surface area contributed by atoms with Crippen molar-refractivity contribution in [1.29, 1.82) is 0 Å². The van der Waals surface area contributed by atoms with Crippen LogP contribution in [0.5, 0.6) is 5.75 Å². The molecule has 2 atom stereocenters. The molecule has 4 heterocycles. The average molecular weight is 678 g/mol. The topological polar surface area (TPSA) is 245 Å². The number of carbonyl (C=O) groups excluding carboxylic acids is 2. The van der Waals surface area contributed by atoms with E-state index in [-0.39, 0.29) is 10.8 Å². The number of ketones is 1. The quantitative estimate of drug-likeness (QED) is 0.0654. The van der Waals surface area contributed by atoms with Crippen LogP contribution in [0, 0.1) is 11.8 Å². The van der Waals surface area contributed by atoms with E-state index in [0.29, 0.717) is 16.7 Å². The van der Waals surface area contributed by atoms with E-state index in [1.165, 1.54) is 19.2 Å². The molecule has 2 aliphatic heterocycles. The van der Waals surface area contributed by atoms with Crippen molar-refractivity contribution in [3.05, 3.63) is 41.5 Å². The van der Waals surface area contributed by atoms with Gasteiger partial charge in [0, 0.05) is 48.9 Å². The van der Waals surface area contributed by atoms with E-state index in [1.54, 1.807) is 24.4 Å². The molecular formula is C27H31N7O10S2. The van der Waals surface area contributed by atoms with Gasteiger partial charge >= 0.3 is 16.4 Å². The van der Waals surface area contributed by atoms with Crippen molar-refractivity contribution in [1.82, 2.24) is 20.3 Å². The SMILES string of the molecule is CC1(C)[C@H](CC(=O)/C(=N\O[C@@H](COc2ccc3c(NCC4CNC4)nccc3c2)C(=O)O)c2csc(N)n2)C(=O)N1OS(=O)(=O)O. The first-order valence-corrected chi connectivity index (χ1v) is 16.2. The van der Waals surface area contributed by atoms with Crippen LogP contribution in [-0.4, -0.2) is 94.4 Å². The Hall–Kier alpha value is -4.43. The van der Waals surface area contributed by atoms with Crippen LogP contribution in [-0.2, 0) is 33.9 Å². The van der Waals surface area contributed by atoms with Gasteiger partial charge in [0.2, 0.25) is 0 Å². The van der Waals surface area contributed by atoms with Crippen LogP contribution in [0.4, 0.5) is 10.9 Å². The molecule has 0 radical (unpaired) electrons. The lowest BCUT2D eigenvalue weighted by Gasteiger charge is -2.50. The summed E-state index contributed by atoms with van der Waals surface area (Å²) in [5.41, 5.74) is 3.98. The van der Waals surface area contributed by atoms with Gasteiger partial charge in [0.25, 0.3) is 12.0 Å². The zero-order valence-electron chi connectivity index (χ0n) is 24.6. The minimum atomic E-state index is -4.99. The molecule has 46 heavy (non-hydrogen) atoms. The van der Waals surface area contributed by atoms with Gasteiger partial charge in [0.05, 0.1) is 11.5 Å². The number of aliphatic carboxylic acids is 1. The van der Waals surface area contributed by atoms with Crippen molar-refractivity contribution in [3.8, 4) is 5.75 Å². The van der Waals surface area contributed by atoms with E-state index < -0.39 is 64.4 Å². The van der Waals surface area contributed by atoms with Crippen molar-refractivity contribution >= 4 is 66.8 Å². The number of hydrogen-bond acceptors (Lipinski definition) is 15. The Balaban J connectivity index is 1.27. The number of Topliss-reactive ketones (excluding diaryl/α,β-unsaturated/α-hetero) is 1. The Labute approximate surface area is 266 Å². The molecule has 2 aliphatic rings. The number of nitrogen functional groups attached to an aromatic ring is 1. The molecule has 246 valence electrons. The maximum Gasteiger partial charge on any atom is 0.418 e. The number of carboxylic acids is 1. The number of carboxylic acid groups (broad SMARTS) is 1. The second-order valence-corrected chi connectivity index (χ2v) is 13.1. The molecule has 1 aromatic carbocycles. The van der Waals surface area contributed by atoms with E-state index in [2.05, 4.69) is 30.0 Å². The molecule has 2 fully saturated rings. The van der Waals surface area contributed by atoms with Crippen LogP contribution >= 0.6 is 11.3 Å². The molecule has 0 spiro atoms. The van der Waals surface area contributed by atoms with E-state index in [0.717, 1.165) is 47.6 Å². The van der Waals surface area contributed by atoms with Crippen molar-refractivity contribution in [2.75, 3.05) is 37.3 Å². The summed E-state index contributed by atoms with van der Waals surface area (Å²) < 4.78 is 41.2. The number of aromatic nitrogens is 2. The van der Waals surface area contributed by atoms with Crippen molar-refractivity contribution in [2.45, 2.75) is 31.9 Å². The van der Waals surface area contributed by atoms with Crippen LogP contribution in [0.25, 0.3) is 10.8 Å². The smallest absolute Gasteiger partial charge is 0.418 e. The Bertz CT molecular complexity index is 1790. The first kappa shape index (κ1) is 32.9. The van der Waals surface area contributed by atoms with Crippen molar-refractivity contribution in [3.63, 3.8) is 0 Å². The number of β-lactam (4-membered cyclic amide) rings is 1. The van der Waals surface area contributed by atoms with Crippen LogP contribution in [0.15, 0.2) is 41.0 Å². The third-order valence-corrected chi connectivity index (χ3v) is 8.58. The monoisotopic (exact) mass is 677 g/mol. The highest BCUT2D eigenvalue weighted by atomic mass is 32.3. The molecule has 1 amide bonds. The number of amides is 1. The molecule has 2 aromatic heterocycles. The van der Waals surface area contributed by atoms with E-state index >= 15 is 0 Å². The highest BCUT2D eigenvalue weighted by molar-refractivity contribution is 7.80. The normalized spacial score (nSPS) is 18.8. The van der Waals surface area contributed by atoms with Crippen LogP contribution in [0.2, 0.25) is 0 Å². The maximum atomic E-state index is 13.3. The average Bonchev–Trinajstić information content (AvgIpc) is 3.40. The molecule has 2 saturated heterocycles. The number of carbonyl (C=O) groups is 3. The van der Waals surface area contributed by atoms with Gasteiger partial charge in [-0.25, -0.2) is 14.8 Å². The number of anilines is 2. The second kappa shape index (κ2) is 13.1. The third kappa shape index (κ3) is 7.34. The van der Waals surface area contributed by atoms with Crippen molar-refractivity contribution < 1.29 is 46.3 Å². The minimum Gasteiger partial charge on any atom is -0.489 e. The number of oxime groups is 1. The second-order valence-electron chi connectivity index (χ2n) is 11.2. The molecule has 0 unspecified atom stereocenters. The Kier molecular flexibility index (Phi) is 9.40. The lowest BCUT2D eigenvalue weighted by molar-refractivity contribution is -0.228. The number of pyridine rings is 1. The number of thiazole rings is 1. The van der Waals surface area contributed by atoms with Gasteiger partial charge in [-0.1, -0.05) is 5.16 Å². The van der Waals surface area contributed by atoms with Gasteiger partial charge < -0.3 is 31.0 Å². The molecule has 0 aliphatic carbocycles. The Morgan fingerprint density at radius 3 is 2.67 bits per heavy atom. The van der Waals surface area contributed by atoms with Gasteiger partial charge in [-0.2, -0.15) is 13.5 Å². The Morgan fingerprint density at radius 1 is 1.30 bits per heavy atom. The number of hydroxylamine groups is 2. The highest BCUT2D eigenvalue weighted by Crippen LogP contribution is 2.40. The molecule has 17 nitrogen and oxygen atoms in total. The summed E-state index contributed by atoms with van der Waals surface area (Å²) in [6.45, 7) is 5.06. The summed E-state index contributed by atoms with van der Waals surface area (Å²) >= 11 is 0.990. The molecule has 3 aromatic rings. The lowest BCUT2D eigenvalue weighted by atomic mass is 9.74. The number of nitrogens with one attached hydrogen (secondary N) is 2. The van der Waals surface area contributed by atoms with E-state index in [1.807, 2.05) is 6.07 Å². The fraction of sp³-hybridized carbons (Fsp3) is 0.407. The lowest BCUT2D eigenvalue weighted by Crippen LogP contribution is -2.68. The van der Waals surface area contributed by atoms with Crippen LogP contribution in [0.1, 0.15) is 26.0 Å². The van der Waals surface area contributed by atoms with Gasteiger partial charge in [-0.05, 0) is 43.5 Å². The van der Waals surface area contributed by atoms with Crippen LogP contribution in [0.3, 0.4) is 0 Å². The van der Waals surface area contributed by atoms with Gasteiger partial charge in [0.1, 0.15) is 23.9 Å². The van der Waals surface area contributed by atoms with Gasteiger partial charge in [-0.3, -0.25) is 14.1 Å². The molecule has 19 heteroatoms. The standard InChI is InChI=1S/C27H31N7O10S2/c1-27(2)18(24(36)34(27)44-46(39,40)41)8-20(35)22(19-13-45-26(28)32-19)33-43-21(25(37)38)12-42-16-3-4-17-15(7-16)5-6-30-23(17)31-11-14-9-29-10-14/h3-7,13-14,18,21,29H,8-12H2,1-2H3,(H2,28,32)(H,30,31)(H,37,38)(H,39,40,41)/b33-22-/t18-,21+/m1/s1. The summed E-state index contributed by atoms with van der Waals surface area (Å²) in [4.78, 5) is 51.6. The minimum absolute atomic E-state index is 0.0192. The zero-order chi connectivity index (χ0) is 33.2. The number of benzene rings is 1.